The highest BCUT2D eigenvalue weighted by molar-refractivity contribution is 6.35. The third kappa shape index (κ3) is 2.28. The van der Waals surface area contributed by atoms with Gasteiger partial charge in [-0.3, -0.25) is 9.78 Å². The van der Waals surface area contributed by atoms with Gasteiger partial charge < -0.3 is 5.32 Å². The highest BCUT2D eigenvalue weighted by Gasteiger charge is 2.24. The van der Waals surface area contributed by atoms with Crippen LogP contribution in [-0.2, 0) is 0 Å². The van der Waals surface area contributed by atoms with E-state index < -0.39 is 5.82 Å². The highest BCUT2D eigenvalue weighted by Crippen LogP contribution is 2.37. The van der Waals surface area contributed by atoms with Crippen LogP contribution in [0.25, 0.3) is 11.3 Å². The van der Waals surface area contributed by atoms with Crippen molar-refractivity contribution in [3.05, 3.63) is 47.0 Å². The number of anilines is 1. The monoisotopic (exact) mass is 344 g/mol. The first-order valence-electron chi connectivity index (χ1n) is 7.47. The number of amidine groups is 1. The maximum absolute atomic E-state index is 14.3. The van der Waals surface area contributed by atoms with Gasteiger partial charge in [0.2, 0.25) is 0 Å². The second-order valence-electron chi connectivity index (χ2n) is 5.78. The zero-order valence-electron chi connectivity index (χ0n) is 13.0. The fraction of sp³-hybridized carbons (Fsp3) is 0.188. The Labute approximate surface area is 142 Å². The molecule has 3 heterocycles. The van der Waals surface area contributed by atoms with E-state index in [4.69, 9.17) is 11.6 Å². The molecule has 1 aromatic carbocycles. The van der Waals surface area contributed by atoms with Crippen molar-refractivity contribution in [3.63, 3.8) is 0 Å². The number of fused-ring (bicyclic) bond motifs is 3. The Morgan fingerprint density at radius 1 is 1.29 bits per heavy atom. The van der Waals surface area contributed by atoms with Crippen LogP contribution in [0.1, 0.15) is 25.5 Å². The summed E-state index contributed by atoms with van der Waals surface area (Å²) in [7, 11) is 0. The summed E-state index contributed by atoms with van der Waals surface area (Å²) in [6.45, 7) is 4.05. The molecule has 0 fully saturated rings. The molecule has 0 unspecified atom stereocenters. The van der Waals surface area contributed by atoms with Crippen LogP contribution < -0.4 is 5.32 Å². The van der Waals surface area contributed by atoms with E-state index in [2.05, 4.69) is 25.6 Å². The molecule has 0 spiro atoms. The molecule has 0 aliphatic carbocycles. The fourth-order valence-electron chi connectivity index (χ4n) is 2.60. The first-order valence-corrected chi connectivity index (χ1v) is 7.85. The average molecular weight is 345 g/mol. The number of nitrogens with zero attached hydrogens (tertiary/aromatic N) is 4. The van der Waals surface area contributed by atoms with Crippen molar-refractivity contribution in [2.75, 3.05) is 5.32 Å². The smallest absolute Gasteiger partial charge is 0.185 e. The van der Waals surface area contributed by atoms with E-state index in [1.54, 1.807) is 18.3 Å². The van der Waals surface area contributed by atoms with Crippen LogP contribution in [0.5, 0.6) is 0 Å². The standard InChI is InChI=1S/C16H14ClFN6/c1-8(2)24-7-9-14-12(6-19-22-14)20-16(21-15(9)23-24)13-10(17)4-3-5-11(13)18/h3-8H,1-2H3,(H,19,22)(H,20,21,23). The van der Waals surface area contributed by atoms with Gasteiger partial charge in [0.1, 0.15) is 11.7 Å². The van der Waals surface area contributed by atoms with Crippen molar-refractivity contribution >= 4 is 28.9 Å². The summed E-state index contributed by atoms with van der Waals surface area (Å²) >= 11 is 6.19. The molecule has 2 aromatic heterocycles. The van der Waals surface area contributed by atoms with Gasteiger partial charge in [0.15, 0.2) is 5.82 Å². The largest absolute Gasteiger partial charge is 0.336 e. The Morgan fingerprint density at radius 2 is 2.12 bits per heavy atom. The van der Waals surface area contributed by atoms with E-state index in [9.17, 15) is 4.39 Å². The number of benzene rings is 1. The van der Waals surface area contributed by atoms with Crippen LogP contribution >= 0.6 is 11.6 Å². The fourth-order valence-corrected chi connectivity index (χ4v) is 2.85. The number of nitrogens with one attached hydrogen (secondary N) is 2. The van der Waals surface area contributed by atoms with Crippen molar-refractivity contribution in [2.45, 2.75) is 19.9 Å². The normalized spacial score (nSPS) is 13.1. The van der Waals surface area contributed by atoms with E-state index >= 15 is 0 Å². The minimum absolute atomic E-state index is 0.173. The zero-order chi connectivity index (χ0) is 16.8. The lowest BCUT2D eigenvalue weighted by Crippen LogP contribution is -2.15. The summed E-state index contributed by atoms with van der Waals surface area (Å²) in [4.78, 5) is 4.52. The Balaban J connectivity index is 1.96. The highest BCUT2D eigenvalue weighted by atomic mass is 35.5. The van der Waals surface area contributed by atoms with E-state index in [-0.39, 0.29) is 16.6 Å². The third-order valence-electron chi connectivity index (χ3n) is 3.82. The number of rotatable bonds is 2. The van der Waals surface area contributed by atoms with Gasteiger partial charge >= 0.3 is 0 Å². The van der Waals surface area contributed by atoms with Gasteiger partial charge in [-0.1, -0.05) is 17.7 Å². The summed E-state index contributed by atoms with van der Waals surface area (Å²) in [5.74, 6) is 0.326. The quantitative estimate of drug-likeness (QED) is 0.733. The molecular weight excluding hydrogens is 331 g/mol. The Morgan fingerprint density at radius 3 is 2.88 bits per heavy atom. The lowest BCUT2D eigenvalue weighted by molar-refractivity contribution is 0.533. The van der Waals surface area contributed by atoms with Gasteiger partial charge in [0.05, 0.1) is 33.7 Å². The molecule has 8 heteroatoms. The summed E-state index contributed by atoms with van der Waals surface area (Å²) < 4.78 is 16.1. The molecule has 122 valence electrons. The van der Waals surface area contributed by atoms with Gasteiger partial charge in [-0.25, -0.2) is 9.38 Å². The average Bonchev–Trinajstić information content (AvgIpc) is 3.11. The van der Waals surface area contributed by atoms with E-state index in [0.717, 1.165) is 11.3 Å². The molecule has 0 saturated carbocycles. The predicted molar refractivity (Wildman–Crippen MR) is 91.4 cm³/mol. The van der Waals surface area contributed by atoms with Crippen LogP contribution in [0, 0.1) is 5.82 Å². The molecule has 24 heavy (non-hydrogen) atoms. The molecule has 1 aliphatic heterocycles. The molecule has 6 nitrogen and oxygen atoms in total. The SMILES string of the molecule is CC(C)n1cc2c(n1)N=C(c1c(F)cccc1Cl)Nc1cn[nH]c1-2. The number of hydrogen-bond acceptors (Lipinski definition) is 4. The second kappa shape index (κ2) is 5.45. The first kappa shape index (κ1) is 14.9. The van der Waals surface area contributed by atoms with Gasteiger partial charge in [-0.05, 0) is 26.0 Å². The van der Waals surface area contributed by atoms with Crippen LogP contribution in [0.15, 0.2) is 35.6 Å². The zero-order valence-corrected chi connectivity index (χ0v) is 13.8. The minimum atomic E-state index is -0.453. The van der Waals surface area contributed by atoms with Crippen molar-refractivity contribution in [1.29, 1.82) is 0 Å². The Kier molecular flexibility index (Phi) is 3.38. The number of halogens is 2. The molecule has 4 rings (SSSR count). The van der Waals surface area contributed by atoms with Crippen LogP contribution in [0.3, 0.4) is 0 Å². The van der Waals surface area contributed by atoms with Gasteiger partial charge in [-0.2, -0.15) is 10.2 Å². The van der Waals surface area contributed by atoms with Gasteiger partial charge in [0, 0.05) is 12.2 Å². The number of aromatic amines is 1. The summed E-state index contributed by atoms with van der Waals surface area (Å²) in [6.07, 6.45) is 3.52. The molecule has 0 bridgehead atoms. The van der Waals surface area contributed by atoms with Crippen molar-refractivity contribution in [2.24, 2.45) is 4.99 Å². The molecular formula is C16H14ClFN6. The van der Waals surface area contributed by atoms with E-state index in [1.165, 1.54) is 6.07 Å². The molecule has 0 amide bonds. The third-order valence-corrected chi connectivity index (χ3v) is 4.14. The van der Waals surface area contributed by atoms with Crippen LogP contribution in [0.4, 0.5) is 15.9 Å². The van der Waals surface area contributed by atoms with Gasteiger partial charge in [-0.15, -0.1) is 0 Å². The number of hydrogen-bond donors (Lipinski definition) is 2. The molecule has 0 saturated heterocycles. The lowest BCUT2D eigenvalue weighted by atomic mass is 10.2. The second-order valence-corrected chi connectivity index (χ2v) is 6.19. The summed E-state index contributed by atoms with van der Waals surface area (Å²) in [6, 6.07) is 4.70. The Bertz CT molecular complexity index is 935. The molecule has 0 atom stereocenters. The number of aromatic nitrogens is 4. The molecule has 0 radical (unpaired) electrons. The van der Waals surface area contributed by atoms with Gasteiger partial charge in [0.25, 0.3) is 0 Å². The maximum atomic E-state index is 14.3. The summed E-state index contributed by atoms with van der Waals surface area (Å²) in [5.41, 5.74) is 2.45. The van der Waals surface area contributed by atoms with E-state index in [0.29, 0.717) is 17.3 Å². The van der Waals surface area contributed by atoms with Crippen molar-refractivity contribution in [3.8, 4) is 11.3 Å². The van der Waals surface area contributed by atoms with Crippen LogP contribution in [0.2, 0.25) is 5.02 Å². The topological polar surface area (TPSA) is 70.9 Å². The predicted octanol–water partition coefficient (Wildman–Crippen LogP) is 4.15. The summed E-state index contributed by atoms with van der Waals surface area (Å²) in [5, 5.41) is 14.9. The molecule has 3 aromatic rings. The lowest BCUT2D eigenvalue weighted by Gasteiger charge is -2.10. The molecule has 1 aliphatic rings. The molecule has 2 N–H and O–H groups in total. The van der Waals surface area contributed by atoms with E-state index in [1.807, 2.05) is 24.7 Å². The minimum Gasteiger partial charge on any atom is -0.336 e. The van der Waals surface area contributed by atoms with Crippen molar-refractivity contribution < 1.29 is 4.39 Å². The number of H-pyrrole nitrogens is 1. The van der Waals surface area contributed by atoms with Crippen LogP contribution in [-0.4, -0.2) is 25.8 Å². The van der Waals surface area contributed by atoms with Crippen molar-refractivity contribution in [1.82, 2.24) is 20.0 Å². The first-order chi connectivity index (χ1) is 11.5. The Hall–Kier alpha value is -2.67. The number of aliphatic imine (C=N–C) groups is 1. The maximum Gasteiger partial charge on any atom is 0.185 e.